The van der Waals surface area contributed by atoms with E-state index in [1.165, 1.54) is 23.1 Å². The number of sulfonamides is 1. The lowest BCUT2D eigenvalue weighted by Crippen LogP contribution is -2.31. The van der Waals surface area contributed by atoms with Crippen molar-refractivity contribution in [3.8, 4) is 0 Å². The largest absolute Gasteiger partial charge is 0.315 e. The van der Waals surface area contributed by atoms with Crippen LogP contribution in [0.2, 0.25) is 10.0 Å². The standard InChI is InChI=1S/C16H14Cl2N2O3S/c1-20-15-6-4-12(8-10(15)2-7-16(20)21)24(22,23)19-14-9-11(17)3-5-13(14)18/h3-6,8-9,19H,2,7H2,1H3. The molecule has 0 saturated heterocycles. The van der Waals surface area contributed by atoms with E-state index in [0.29, 0.717) is 17.9 Å². The summed E-state index contributed by atoms with van der Waals surface area (Å²) in [5.41, 5.74) is 1.76. The van der Waals surface area contributed by atoms with E-state index in [1.807, 2.05) is 0 Å². The SMILES string of the molecule is CN1C(=O)CCc2cc(S(=O)(=O)Nc3cc(Cl)ccc3Cl)ccc21. The molecule has 1 aliphatic rings. The summed E-state index contributed by atoms with van der Waals surface area (Å²) in [6.07, 6.45) is 0.875. The summed E-state index contributed by atoms with van der Waals surface area (Å²) < 4.78 is 27.7. The summed E-state index contributed by atoms with van der Waals surface area (Å²) >= 11 is 11.9. The number of hydrogen-bond donors (Lipinski definition) is 1. The molecular formula is C16H14Cl2N2O3S. The Balaban J connectivity index is 1.96. The molecule has 0 radical (unpaired) electrons. The molecule has 24 heavy (non-hydrogen) atoms. The maximum absolute atomic E-state index is 12.6. The molecule has 126 valence electrons. The highest BCUT2D eigenvalue weighted by Crippen LogP contribution is 2.31. The molecule has 2 aromatic carbocycles. The van der Waals surface area contributed by atoms with Crippen LogP contribution in [0, 0.1) is 0 Å². The summed E-state index contributed by atoms with van der Waals surface area (Å²) in [4.78, 5) is 13.4. The predicted molar refractivity (Wildman–Crippen MR) is 95.4 cm³/mol. The minimum absolute atomic E-state index is 0.0157. The smallest absolute Gasteiger partial charge is 0.261 e. The van der Waals surface area contributed by atoms with Crippen molar-refractivity contribution in [1.29, 1.82) is 0 Å². The Bertz CT molecular complexity index is 929. The molecule has 5 nitrogen and oxygen atoms in total. The summed E-state index contributed by atoms with van der Waals surface area (Å²) in [6.45, 7) is 0. The third-order valence-corrected chi connectivity index (χ3v) is 5.81. The van der Waals surface area contributed by atoms with Gasteiger partial charge < -0.3 is 4.90 Å². The topological polar surface area (TPSA) is 66.5 Å². The number of hydrogen-bond acceptors (Lipinski definition) is 3. The molecule has 0 fully saturated rings. The molecule has 3 rings (SSSR count). The van der Waals surface area contributed by atoms with Gasteiger partial charge in [-0.2, -0.15) is 0 Å². The molecule has 0 saturated carbocycles. The third kappa shape index (κ3) is 3.22. The van der Waals surface area contributed by atoms with Gasteiger partial charge in [0, 0.05) is 24.2 Å². The van der Waals surface area contributed by atoms with Crippen molar-refractivity contribution in [3.05, 3.63) is 52.0 Å². The van der Waals surface area contributed by atoms with E-state index in [0.717, 1.165) is 11.3 Å². The molecule has 0 unspecified atom stereocenters. The highest BCUT2D eigenvalue weighted by molar-refractivity contribution is 7.92. The van der Waals surface area contributed by atoms with Crippen molar-refractivity contribution >= 4 is 50.5 Å². The van der Waals surface area contributed by atoms with E-state index in [9.17, 15) is 13.2 Å². The number of carbonyl (C=O) groups is 1. The number of halogens is 2. The van der Waals surface area contributed by atoms with Gasteiger partial charge in [0.15, 0.2) is 0 Å². The van der Waals surface area contributed by atoms with Gasteiger partial charge in [-0.05, 0) is 48.4 Å². The number of nitrogens with zero attached hydrogens (tertiary/aromatic N) is 1. The van der Waals surface area contributed by atoms with Crippen LogP contribution in [-0.2, 0) is 21.2 Å². The van der Waals surface area contributed by atoms with Gasteiger partial charge in [-0.1, -0.05) is 23.2 Å². The Morgan fingerprint density at radius 3 is 2.58 bits per heavy atom. The number of benzene rings is 2. The molecule has 0 aromatic heterocycles. The molecule has 1 N–H and O–H groups in total. The van der Waals surface area contributed by atoms with Crippen LogP contribution in [0.1, 0.15) is 12.0 Å². The quantitative estimate of drug-likeness (QED) is 0.876. The zero-order chi connectivity index (χ0) is 17.5. The van der Waals surface area contributed by atoms with E-state index < -0.39 is 10.0 Å². The summed E-state index contributed by atoms with van der Waals surface area (Å²) in [5.74, 6) is 0.0157. The first-order valence-corrected chi connectivity index (χ1v) is 9.39. The van der Waals surface area contributed by atoms with Gasteiger partial charge in [-0.3, -0.25) is 9.52 Å². The lowest BCUT2D eigenvalue weighted by molar-refractivity contribution is -0.118. The molecule has 1 aliphatic heterocycles. The van der Waals surface area contributed by atoms with Crippen molar-refractivity contribution in [2.45, 2.75) is 17.7 Å². The number of amides is 1. The Labute approximate surface area is 150 Å². The highest BCUT2D eigenvalue weighted by atomic mass is 35.5. The number of aryl methyl sites for hydroxylation is 1. The van der Waals surface area contributed by atoms with Crippen LogP contribution in [-0.4, -0.2) is 21.4 Å². The highest BCUT2D eigenvalue weighted by Gasteiger charge is 2.24. The van der Waals surface area contributed by atoms with Crippen molar-refractivity contribution < 1.29 is 13.2 Å². The molecule has 0 bridgehead atoms. The van der Waals surface area contributed by atoms with Gasteiger partial charge in [-0.25, -0.2) is 8.42 Å². The molecule has 1 amide bonds. The van der Waals surface area contributed by atoms with Crippen LogP contribution >= 0.6 is 23.2 Å². The Hall–Kier alpha value is -1.76. The fraction of sp³-hybridized carbons (Fsp3) is 0.188. The van der Waals surface area contributed by atoms with Gasteiger partial charge in [0.05, 0.1) is 15.6 Å². The Morgan fingerprint density at radius 1 is 1.08 bits per heavy atom. The second-order valence-corrected chi connectivity index (χ2v) is 8.00. The van der Waals surface area contributed by atoms with Gasteiger partial charge in [-0.15, -0.1) is 0 Å². The first-order valence-electron chi connectivity index (χ1n) is 7.15. The molecule has 1 heterocycles. The second kappa shape index (κ2) is 6.27. The third-order valence-electron chi connectivity index (χ3n) is 3.88. The van der Waals surface area contributed by atoms with Crippen LogP contribution in [0.5, 0.6) is 0 Å². The molecular weight excluding hydrogens is 371 g/mol. The maximum Gasteiger partial charge on any atom is 0.261 e. The minimum atomic E-state index is -3.81. The average molecular weight is 385 g/mol. The molecule has 0 aliphatic carbocycles. The summed E-state index contributed by atoms with van der Waals surface area (Å²) in [6, 6.07) is 9.24. The average Bonchev–Trinajstić information content (AvgIpc) is 2.54. The fourth-order valence-corrected chi connectivity index (χ4v) is 4.09. The van der Waals surface area contributed by atoms with Gasteiger partial charge in [0.2, 0.25) is 5.91 Å². The van der Waals surface area contributed by atoms with E-state index in [2.05, 4.69) is 4.72 Å². The van der Waals surface area contributed by atoms with Crippen LogP contribution in [0.25, 0.3) is 0 Å². The fourth-order valence-electron chi connectivity index (χ4n) is 2.58. The first-order chi connectivity index (χ1) is 11.3. The van der Waals surface area contributed by atoms with Gasteiger partial charge in [0.1, 0.15) is 0 Å². The lowest BCUT2D eigenvalue weighted by Gasteiger charge is -2.26. The van der Waals surface area contributed by atoms with E-state index in [1.54, 1.807) is 25.2 Å². The van der Waals surface area contributed by atoms with Crippen molar-refractivity contribution in [2.24, 2.45) is 0 Å². The van der Waals surface area contributed by atoms with E-state index >= 15 is 0 Å². The maximum atomic E-state index is 12.6. The zero-order valence-electron chi connectivity index (χ0n) is 12.7. The van der Waals surface area contributed by atoms with E-state index in [4.69, 9.17) is 23.2 Å². The van der Waals surface area contributed by atoms with Crippen LogP contribution in [0.15, 0.2) is 41.3 Å². The molecule has 8 heteroatoms. The predicted octanol–water partition coefficient (Wildman–Crippen LogP) is 3.70. The normalized spacial score (nSPS) is 14.5. The molecule has 0 spiro atoms. The lowest BCUT2D eigenvalue weighted by atomic mass is 10.0. The van der Waals surface area contributed by atoms with Gasteiger partial charge >= 0.3 is 0 Å². The Kier molecular flexibility index (Phi) is 4.46. The summed E-state index contributed by atoms with van der Waals surface area (Å²) in [7, 11) is -2.13. The minimum Gasteiger partial charge on any atom is -0.315 e. The first kappa shape index (κ1) is 17.1. The van der Waals surface area contributed by atoms with Crippen molar-refractivity contribution in [3.63, 3.8) is 0 Å². The molecule has 2 aromatic rings. The second-order valence-electron chi connectivity index (χ2n) is 5.47. The van der Waals surface area contributed by atoms with Crippen LogP contribution in [0.4, 0.5) is 11.4 Å². The monoisotopic (exact) mass is 384 g/mol. The number of anilines is 2. The number of carbonyl (C=O) groups excluding carboxylic acids is 1. The van der Waals surface area contributed by atoms with Crippen LogP contribution in [0.3, 0.4) is 0 Å². The summed E-state index contributed by atoms with van der Waals surface area (Å²) in [5, 5.41) is 0.633. The number of rotatable bonds is 3. The number of fused-ring (bicyclic) bond motifs is 1. The van der Waals surface area contributed by atoms with Crippen LogP contribution < -0.4 is 9.62 Å². The van der Waals surface area contributed by atoms with Gasteiger partial charge in [0.25, 0.3) is 10.0 Å². The van der Waals surface area contributed by atoms with Crippen molar-refractivity contribution in [1.82, 2.24) is 0 Å². The van der Waals surface area contributed by atoms with Crippen molar-refractivity contribution in [2.75, 3.05) is 16.7 Å². The Morgan fingerprint density at radius 2 is 1.83 bits per heavy atom. The zero-order valence-corrected chi connectivity index (χ0v) is 15.0. The van der Waals surface area contributed by atoms with E-state index in [-0.39, 0.29) is 21.5 Å². The number of nitrogens with one attached hydrogen (secondary N) is 1. The molecule has 0 atom stereocenters.